The van der Waals surface area contributed by atoms with Gasteiger partial charge in [0.05, 0.1) is 0 Å². The monoisotopic (exact) mass is 359 g/mol. The molecule has 16 heavy (non-hydrogen) atoms. The van der Waals surface area contributed by atoms with Crippen molar-refractivity contribution in [3.05, 3.63) is 0 Å². The first kappa shape index (κ1) is 24.8. The molecule has 0 aliphatic carbocycles. The van der Waals surface area contributed by atoms with Gasteiger partial charge in [0.25, 0.3) is 0 Å². The van der Waals surface area contributed by atoms with Gasteiger partial charge in [-0.3, -0.25) is 0 Å². The van der Waals surface area contributed by atoms with Gasteiger partial charge in [-0.15, -0.1) is 0 Å². The Morgan fingerprint density at radius 3 is 0.750 bits per heavy atom. The molecule has 0 fully saturated rings. The average Bonchev–Trinajstić information content (AvgIpc) is 2.19. The van der Waals surface area contributed by atoms with Crippen LogP contribution in [0.2, 0.25) is 0 Å². The third-order valence-corrected chi connectivity index (χ3v) is 0.866. The molecule has 0 unspecified atom stereocenters. The minimum absolute atomic E-state index is 0. The van der Waals surface area contributed by atoms with Crippen molar-refractivity contribution in [3.63, 3.8) is 0 Å². The normalized spacial score (nSPS) is 6.94. The summed E-state index contributed by atoms with van der Waals surface area (Å²) in [6.07, 6.45) is 0.333. The van der Waals surface area contributed by atoms with E-state index >= 15 is 0 Å². The second-order valence-electron chi connectivity index (χ2n) is 2.18. The molecule has 0 spiro atoms. The van der Waals surface area contributed by atoms with Crippen molar-refractivity contribution in [2.24, 2.45) is 0 Å². The maximum atomic E-state index is 9.26. The van der Waals surface area contributed by atoms with Gasteiger partial charge in [-0.05, 0) is 19.3 Å². The van der Waals surface area contributed by atoms with E-state index in [0.717, 1.165) is 0 Å². The predicted octanol–water partition coefficient (Wildman–Crippen LogP) is -2.56. The third-order valence-electron chi connectivity index (χ3n) is 0.866. The summed E-state index contributed by atoms with van der Waals surface area (Å²) in [4.78, 5) is 27.8. The van der Waals surface area contributed by atoms with E-state index in [1.165, 1.54) is 20.8 Å². The maximum absolute atomic E-state index is 9.26. The van der Waals surface area contributed by atoms with Crippen LogP contribution in [0.3, 0.4) is 0 Å². The molecular formula is C9H15CeO6. The molecule has 7 heteroatoms. The molecule has 0 heterocycles. The molecule has 1 radical (unpaired) electrons. The van der Waals surface area contributed by atoms with Crippen LogP contribution >= 0.6 is 0 Å². The summed E-state index contributed by atoms with van der Waals surface area (Å²) < 4.78 is 0. The van der Waals surface area contributed by atoms with E-state index in [1.54, 1.807) is 0 Å². The Balaban J connectivity index is -0.0000000655. The second-order valence-corrected chi connectivity index (χ2v) is 2.18. The van der Waals surface area contributed by atoms with E-state index in [2.05, 4.69) is 0 Å². The fourth-order valence-electron chi connectivity index (χ4n) is 0. The van der Waals surface area contributed by atoms with Crippen molar-refractivity contribution in [3.8, 4) is 0 Å². The molecule has 0 saturated carbocycles. The summed E-state index contributed by atoms with van der Waals surface area (Å²) in [5.41, 5.74) is 0. The minimum atomic E-state index is -0.995. The van der Waals surface area contributed by atoms with Crippen LogP contribution in [-0.4, -0.2) is 17.9 Å². The molecule has 0 amide bonds. The van der Waals surface area contributed by atoms with Gasteiger partial charge in [-0.25, -0.2) is 0 Å². The van der Waals surface area contributed by atoms with Gasteiger partial charge in [-0.1, -0.05) is 20.8 Å². The molecule has 0 aromatic heterocycles. The number of carboxylic acid groups (broad SMARTS) is 3. The van der Waals surface area contributed by atoms with Gasteiger partial charge in [0, 0.05) is 17.9 Å². The molecule has 0 aromatic carbocycles. The van der Waals surface area contributed by atoms with Crippen molar-refractivity contribution >= 4 is 17.9 Å². The number of carboxylic acids is 3. The molecule has 0 rings (SSSR count). The van der Waals surface area contributed by atoms with E-state index in [-0.39, 0.29) is 61.0 Å². The summed E-state index contributed by atoms with van der Waals surface area (Å²) in [5, 5.41) is 27.8. The zero-order chi connectivity index (χ0) is 12.9. The average molecular weight is 359 g/mol. The van der Waals surface area contributed by atoms with Gasteiger partial charge in [0.2, 0.25) is 0 Å². The quantitative estimate of drug-likeness (QED) is 0.547. The van der Waals surface area contributed by atoms with Crippen LogP contribution in [0.1, 0.15) is 40.0 Å². The van der Waals surface area contributed by atoms with Crippen molar-refractivity contribution in [1.29, 1.82) is 0 Å². The summed E-state index contributed by atoms with van der Waals surface area (Å²) in [5.74, 6) is -2.99. The molecule has 91 valence electrons. The smallest absolute Gasteiger partial charge is 0.550 e. The van der Waals surface area contributed by atoms with E-state index < -0.39 is 17.9 Å². The topological polar surface area (TPSA) is 120 Å². The van der Waals surface area contributed by atoms with Crippen molar-refractivity contribution in [2.45, 2.75) is 40.0 Å². The first-order valence-electron chi connectivity index (χ1n) is 4.41. The van der Waals surface area contributed by atoms with Crippen LogP contribution in [0.25, 0.3) is 0 Å². The Labute approximate surface area is 128 Å². The van der Waals surface area contributed by atoms with Crippen LogP contribution in [0.4, 0.5) is 0 Å². The molecule has 0 atom stereocenters. The van der Waals surface area contributed by atoms with E-state index in [1.807, 2.05) is 0 Å². The molecule has 0 N–H and O–H groups in total. The van der Waals surface area contributed by atoms with Crippen LogP contribution in [0.5, 0.6) is 0 Å². The Bertz CT molecular complexity index is 159. The van der Waals surface area contributed by atoms with Crippen LogP contribution in [0.15, 0.2) is 0 Å². The number of carbonyl (C=O) groups excluding carboxylic acids is 3. The predicted molar refractivity (Wildman–Crippen MR) is 45.9 cm³/mol. The Hall–Kier alpha value is -0.213. The van der Waals surface area contributed by atoms with Gasteiger partial charge in [0.15, 0.2) is 0 Å². The fourth-order valence-corrected chi connectivity index (χ4v) is 0. The number of hydrogen-bond acceptors (Lipinski definition) is 6. The van der Waals surface area contributed by atoms with Crippen LogP contribution < -0.4 is 15.3 Å². The molecule has 0 aliphatic heterocycles. The first-order valence-corrected chi connectivity index (χ1v) is 4.41. The summed E-state index contributed by atoms with van der Waals surface area (Å²) in [6.45, 7) is 4.61. The maximum Gasteiger partial charge on any atom is 3.00 e. The molecule has 6 nitrogen and oxygen atoms in total. The summed E-state index contributed by atoms with van der Waals surface area (Å²) in [6, 6.07) is 0. The second kappa shape index (κ2) is 20.2. The molecule has 0 aliphatic rings. The van der Waals surface area contributed by atoms with Crippen LogP contribution in [0, 0.1) is 41.7 Å². The first-order chi connectivity index (χ1) is 6.81. The largest absolute Gasteiger partial charge is 3.00 e. The Kier molecular flexibility index (Phi) is 31.4. The zero-order valence-electron chi connectivity index (χ0n) is 9.57. The van der Waals surface area contributed by atoms with Gasteiger partial charge < -0.3 is 29.7 Å². The van der Waals surface area contributed by atoms with Gasteiger partial charge in [0.1, 0.15) is 0 Å². The standard InChI is InChI=1S/3C3H6O2.Ce/c3*1-2-3(4)5;/h3*2H2,1H3,(H,4,5);/q;;;+3/p-3. The Morgan fingerprint density at radius 2 is 0.750 bits per heavy atom. The third kappa shape index (κ3) is 67.3. The molecular weight excluding hydrogens is 344 g/mol. The van der Waals surface area contributed by atoms with E-state index in [9.17, 15) is 29.7 Å². The summed E-state index contributed by atoms with van der Waals surface area (Å²) in [7, 11) is 0. The fraction of sp³-hybridized carbons (Fsp3) is 0.667. The zero-order valence-corrected chi connectivity index (χ0v) is 12.7. The van der Waals surface area contributed by atoms with Crippen molar-refractivity contribution in [1.82, 2.24) is 0 Å². The van der Waals surface area contributed by atoms with Crippen molar-refractivity contribution in [2.75, 3.05) is 0 Å². The van der Waals surface area contributed by atoms with Gasteiger partial charge in [-0.2, -0.15) is 0 Å². The Morgan fingerprint density at radius 1 is 0.688 bits per heavy atom. The SMILES string of the molecule is CCC(=O)[O-].CCC(=O)[O-].CCC(=O)[O-].[Ce+3]. The number of aliphatic carboxylic acids is 3. The van der Waals surface area contributed by atoms with E-state index in [4.69, 9.17) is 0 Å². The minimum Gasteiger partial charge on any atom is -0.550 e. The van der Waals surface area contributed by atoms with E-state index in [0.29, 0.717) is 0 Å². The summed E-state index contributed by atoms with van der Waals surface area (Å²) >= 11 is 0. The number of carbonyl (C=O) groups is 3. The number of hydrogen-bond donors (Lipinski definition) is 0. The van der Waals surface area contributed by atoms with Crippen molar-refractivity contribution < 1.29 is 71.5 Å². The molecule has 0 bridgehead atoms. The number of rotatable bonds is 3. The molecule has 0 aromatic rings. The molecule has 0 saturated heterocycles. The van der Waals surface area contributed by atoms with Gasteiger partial charge >= 0.3 is 41.7 Å². The van der Waals surface area contributed by atoms with Crippen LogP contribution in [-0.2, 0) is 14.4 Å².